The predicted octanol–water partition coefficient (Wildman–Crippen LogP) is 6.11. The highest BCUT2D eigenvalue weighted by Gasteiger charge is 2.37. The molecule has 0 bridgehead atoms. The summed E-state index contributed by atoms with van der Waals surface area (Å²) in [7, 11) is 3.44. The molecule has 0 radical (unpaired) electrons. The van der Waals surface area contributed by atoms with Gasteiger partial charge < -0.3 is 33.9 Å². The van der Waals surface area contributed by atoms with Crippen LogP contribution >= 0.6 is 0 Å². The molecule has 1 N–H and O–H groups in total. The molecule has 1 aliphatic carbocycles. The number of nitrogens with one attached hydrogen (secondary N) is 1. The average molecular weight is 611 g/mol. The van der Waals surface area contributed by atoms with Gasteiger partial charge in [-0.25, -0.2) is 0 Å². The first-order chi connectivity index (χ1) is 21.3. The lowest BCUT2D eigenvalue weighted by Crippen LogP contribution is -2.39. The number of hydrogen-bond acceptors (Lipinski definition) is 7. The lowest BCUT2D eigenvalue weighted by molar-refractivity contribution is -0.130. The van der Waals surface area contributed by atoms with Crippen molar-refractivity contribution in [2.75, 3.05) is 65.2 Å². The zero-order valence-electron chi connectivity index (χ0n) is 27.6. The number of ether oxygens (including phenoxy) is 5. The molecule has 0 spiro atoms. The van der Waals surface area contributed by atoms with Crippen molar-refractivity contribution in [1.82, 2.24) is 5.32 Å². The molecule has 4 rings (SSSR count). The first-order valence-corrected chi connectivity index (χ1v) is 16.4. The molecule has 244 valence electrons. The molecule has 8 nitrogen and oxygen atoms in total. The largest absolute Gasteiger partial charge is 0.490 e. The van der Waals surface area contributed by atoms with E-state index in [2.05, 4.69) is 66.5 Å². The van der Waals surface area contributed by atoms with Gasteiger partial charge in [-0.05, 0) is 73.8 Å². The second-order valence-electron chi connectivity index (χ2n) is 12.9. The van der Waals surface area contributed by atoms with Crippen LogP contribution < -0.4 is 15.0 Å². The summed E-state index contributed by atoms with van der Waals surface area (Å²) in [5.41, 5.74) is 4.35. The minimum Gasteiger partial charge on any atom is -0.490 e. The molecule has 44 heavy (non-hydrogen) atoms. The summed E-state index contributed by atoms with van der Waals surface area (Å²) in [6.45, 7) is 12.4. The SMILES string of the molecule is CCNC(=O)C(C)(C)C[C@H]1CC[C@H](OCc2ccc3c(c2)N(CCCOC)CCO3)[C@@H](c2ccc(COCCOC)cc2)C1. The van der Waals surface area contributed by atoms with Gasteiger partial charge in [0.25, 0.3) is 0 Å². The van der Waals surface area contributed by atoms with Crippen LogP contribution in [0.1, 0.15) is 75.5 Å². The zero-order chi connectivity index (χ0) is 31.4. The molecule has 3 atom stereocenters. The van der Waals surface area contributed by atoms with Crippen molar-refractivity contribution in [2.45, 2.75) is 78.1 Å². The minimum atomic E-state index is -0.400. The predicted molar refractivity (Wildman–Crippen MR) is 174 cm³/mol. The molecule has 1 saturated carbocycles. The van der Waals surface area contributed by atoms with Crippen LogP contribution in [0.15, 0.2) is 42.5 Å². The smallest absolute Gasteiger partial charge is 0.225 e. The number of nitrogens with zero attached hydrogens (tertiary/aromatic N) is 1. The summed E-state index contributed by atoms with van der Waals surface area (Å²) in [4.78, 5) is 15.2. The monoisotopic (exact) mass is 610 g/mol. The fraction of sp³-hybridized carbons (Fsp3) is 0.639. The normalized spacial score (nSPS) is 20.2. The number of methoxy groups -OCH3 is 2. The topological polar surface area (TPSA) is 78.5 Å². The first kappa shape index (κ1) is 34.2. The van der Waals surface area contributed by atoms with E-state index < -0.39 is 5.41 Å². The van der Waals surface area contributed by atoms with Crippen LogP contribution in [0, 0.1) is 11.3 Å². The average Bonchev–Trinajstić information content (AvgIpc) is 3.03. The lowest BCUT2D eigenvalue weighted by atomic mass is 9.70. The molecular weight excluding hydrogens is 556 g/mol. The van der Waals surface area contributed by atoms with Crippen molar-refractivity contribution < 1.29 is 28.5 Å². The Balaban J connectivity index is 1.46. The molecule has 0 unspecified atom stereocenters. The molecule has 2 aromatic carbocycles. The molecule has 1 amide bonds. The number of carbonyl (C=O) groups excluding carboxylic acids is 1. The van der Waals surface area contributed by atoms with E-state index >= 15 is 0 Å². The number of fused-ring (bicyclic) bond motifs is 1. The van der Waals surface area contributed by atoms with E-state index in [9.17, 15) is 4.79 Å². The number of hydrogen-bond donors (Lipinski definition) is 1. The van der Waals surface area contributed by atoms with Gasteiger partial charge in [0.1, 0.15) is 12.4 Å². The number of carbonyl (C=O) groups is 1. The molecule has 2 aromatic rings. The molecule has 1 heterocycles. The molecule has 1 fully saturated rings. The Morgan fingerprint density at radius 2 is 1.77 bits per heavy atom. The highest BCUT2D eigenvalue weighted by Crippen LogP contribution is 2.43. The van der Waals surface area contributed by atoms with Gasteiger partial charge in [-0.2, -0.15) is 0 Å². The maximum absolute atomic E-state index is 12.8. The van der Waals surface area contributed by atoms with Crippen LogP contribution in [0.3, 0.4) is 0 Å². The van der Waals surface area contributed by atoms with Gasteiger partial charge in [-0.15, -0.1) is 0 Å². The second-order valence-corrected chi connectivity index (χ2v) is 12.9. The quantitative estimate of drug-likeness (QED) is 0.217. The third-order valence-electron chi connectivity index (χ3n) is 8.98. The van der Waals surface area contributed by atoms with Crippen molar-refractivity contribution in [1.29, 1.82) is 0 Å². The zero-order valence-corrected chi connectivity index (χ0v) is 27.6. The van der Waals surface area contributed by atoms with Gasteiger partial charge >= 0.3 is 0 Å². The molecule has 1 aliphatic heterocycles. The van der Waals surface area contributed by atoms with Gasteiger partial charge in [0.2, 0.25) is 5.91 Å². The maximum atomic E-state index is 12.8. The first-order valence-electron chi connectivity index (χ1n) is 16.4. The van der Waals surface area contributed by atoms with Gasteiger partial charge in [0.15, 0.2) is 0 Å². The fourth-order valence-corrected chi connectivity index (χ4v) is 6.62. The van der Waals surface area contributed by atoms with E-state index in [1.807, 2.05) is 6.92 Å². The van der Waals surface area contributed by atoms with E-state index in [1.54, 1.807) is 14.2 Å². The Labute approximate surface area is 264 Å². The third kappa shape index (κ3) is 9.67. The Morgan fingerprint density at radius 3 is 2.52 bits per heavy atom. The van der Waals surface area contributed by atoms with Crippen LogP contribution in [0.2, 0.25) is 0 Å². The number of rotatable bonds is 17. The summed E-state index contributed by atoms with van der Waals surface area (Å²) in [6.07, 6.45) is 4.99. The molecule has 0 aromatic heterocycles. The number of benzene rings is 2. The molecule has 8 heteroatoms. The van der Waals surface area contributed by atoms with E-state index in [0.29, 0.717) is 45.5 Å². The number of amides is 1. The highest BCUT2D eigenvalue weighted by molar-refractivity contribution is 5.81. The van der Waals surface area contributed by atoms with Crippen molar-refractivity contribution in [3.05, 3.63) is 59.2 Å². The lowest BCUT2D eigenvalue weighted by Gasteiger charge is -2.39. The van der Waals surface area contributed by atoms with Gasteiger partial charge in [-0.3, -0.25) is 4.79 Å². The van der Waals surface area contributed by atoms with E-state index in [-0.39, 0.29) is 17.9 Å². The standard InChI is InChI=1S/C36H54N2O6/c1-6-37-35(39)36(2,3)24-28-10-14-33(31(22-28)30-12-8-27(9-13-30)25-42-21-20-41-5)44-26-29-11-15-34-32(23-29)38(17-19-43-34)16-7-18-40-4/h8-9,11-13,15,23,28,31,33H,6-7,10,14,16-22,24-26H2,1-5H3,(H,37,39)/t28-,31+,33-/m0/s1. The highest BCUT2D eigenvalue weighted by atomic mass is 16.5. The second kappa shape index (κ2) is 17.2. The molecule has 2 aliphatic rings. The molecule has 0 saturated heterocycles. The van der Waals surface area contributed by atoms with Gasteiger partial charge in [-0.1, -0.05) is 44.2 Å². The summed E-state index contributed by atoms with van der Waals surface area (Å²) in [5.74, 6) is 1.79. The van der Waals surface area contributed by atoms with Gasteiger partial charge in [0.05, 0.1) is 44.8 Å². The Morgan fingerprint density at radius 1 is 1.00 bits per heavy atom. The molecular formula is C36H54N2O6. The van der Waals surface area contributed by atoms with Crippen LogP contribution in [0.4, 0.5) is 5.69 Å². The summed E-state index contributed by atoms with van der Waals surface area (Å²) < 4.78 is 28.8. The van der Waals surface area contributed by atoms with Crippen LogP contribution in [-0.4, -0.2) is 72.3 Å². The van der Waals surface area contributed by atoms with Crippen LogP contribution in [-0.2, 0) is 37.0 Å². The maximum Gasteiger partial charge on any atom is 0.225 e. The fourth-order valence-electron chi connectivity index (χ4n) is 6.62. The Bertz CT molecular complexity index is 1150. The van der Waals surface area contributed by atoms with Crippen molar-refractivity contribution >= 4 is 11.6 Å². The summed E-state index contributed by atoms with van der Waals surface area (Å²) >= 11 is 0. The third-order valence-corrected chi connectivity index (χ3v) is 8.98. The summed E-state index contributed by atoms with van der Waals surface area (Å²) in [5, 5.41) is 3.03. The van der Waals surface area contributed by atoms with Gasteiger partial charge in [0, 0.05) is 45.2 Å². The number of anilines is 1. The summed E-state index contributed by atoms with van der Waals surface area (Å²) in [6, 6.07) is 15.3. The van der Waals surface area contributed by atoms with Crippen LogP contribution in [0.5, 0.6) is 5.75 Å². The Kier molecular flexibility index (Phi) is 13.3. The van der Waals surface area contributed by atoms with Crippen LogP contribution in [0.25, 0.3) is 0 Å². The van der Waals surface area contributed by atoms with Crippen molar-refractivity contribution in [2.24, 2.45) is 11.3 Å². The minimum absolute atomic E-state index is 0.104. The van der Waals surface area contributed by atoms with Crippen molar-refractivity contribution in [3.63, 3.8) is 0 Å². The van der Waals surface area contributed by atoms with Crippen molar-refractivity contribution in [3.8, 4) is 5.75 Å². The van der Waals surface area contributed by atoms with E-state index in [0.717, 1.165) is 74.4 Å². The van der Waals surface area contributed by atoms with E-state index in [1.165, 1.54) is 5.56 Å². The van der Waals surface area contributed by atoms with E-state index in [4.69, 9.17) is 23.7 Å². The Hall–Kier alpha value is -2.65.